The van der Waals surface area contributed by atoms with Crippen LogP contribution >= 0.6 is 23.2 Å². The van der Waals surface area contributed by atoms with Gasteiger partial charge in [0.25, 0.3) is 0 Å². The molecule has 2 atom stereocenters. The van der Waals surface area contributed by atoms with Gasteiger partial charge in [0.2, 0.25) is 0 Å². The van der Waals surface area contributed by atoms with E-state index in [9.17, 15) is 4.39 Å². The highest BCUT2D eigenvalue weighted by molar-refractivity contribution is 6.35. The molecule has 1 fully saturated rings. The fourth-order valence-electron chi connectivity index (χ4n) is 2.92. The minimum Gasteiger partial charge on any atom is -0.313 e. The van der Waals surface area contributed by atoms with Gasteiger partial charge in [-0.3, -0.25) is 0 Å². The van der Waals surface area contributed by atoms with E-state index in [1.54, 1.807) is 0 Å². The van der Waals surface area contributed by atoms with Crippen molar-refractivity contribution >= 4 is 23.2 Å². The molecule has 1 aliphatic rings. The van der Waals surface area contributed by atoms with Crippen LogP contribution in [0, 0.1) is 11.2 Å². The van der Waals surface area contributed by atoms with Crippen LogP contribution in [0.1, 0.15) is 45.1 Å². The first kappa shape index (κ1) is 15.1. The van der Waals surface area contributed by atoms with E-state index in [4.69, 9.17) is 23.2 Å². The van der Waals surface area contributed by atoms with Crippen LogP contribution in [0.15, 0.2) is 12.1 Å². The van der Waals surface area contributed by atoms with Gasteiger partial charge in [-0.2, -0.15) is 0 Å². The maximum atomic E-state index is 13.6. The van der Waals surface area contributed by atoms with E-state index >= 15 is 0 Å². The van der Waals surface area contributed by atoms with E-state index in [0.29, 0.717) is 11.1 Å². The molecule has 0 aromatic heterocycles. The first-order valence-electron chi connectivity index (χ1n) is 6.75. The van der Waals surface area contributed by atoms with E-state index in [-0.39, 0.29) is 22.2 Å². The van der Waals surface area contributed by atoms with Crippen molar-refractivity contribution < 1.29 is 4.39 Å². The van der Waals surface area contributed by atoms with Crippen LogP contribution in [0.5, 0.6) is 0 Å². The lowest BCUT2D eigenvalue weighted by Crippen LogP contribution is -2.55. The van der Waals surface area contributed by atoms with Crippen molar-refractivity contribution in [2.24, 2.45) is 5.41 Å². The van der Waals surface area contributed by atoms with Gasteiger partial charge in [-0.1, -0.05) is 44.0 Å². The highest BCUT2D eigenvalue weighted by atomic mass is 35.5. The van der Waals surface area contributed by atoms with Crippen LogP contribution in [0.4, 0.5) is 4.39 Å². The van der Waals surface area contributed by atoms with E-state index in [1.807, 2.05) is 0 Å². The molecule has 0 saturated heterocycles. The molecular formula is C15H20Cl2FN. The summed E-state index contributed by atoms with van der Waals surface area (Å²) in [6.45, 7) is 7.58. The Morgan fingerprint density at radius 1 is 1.32 bits per heavy atom. The van der Waals surface area contributed by atoms with Gasteiger partial charge in [0.15, 0.2) is 0 Å². The van der Waals surface area contributed by atoms with Crippen LogP contribution in [0.2, 0.25) is 10.0 Å². The molecule has 0 spiro atoms. The average molecular weight is 304 g/mol. The Labute approximate surface area is 124 Å². The van der Waals surface area contributed by atoms with Crippen molar-refractivity contribution in [3.05, 3.63) is 33.6 Å². The third kappa shape index (κ3) is 2.76. The first-order chi connectivity index (χ1) is 8.87. The fourth-order valence-corrected chi connectivity index (χ4v) is 3.44. The topological polar surface area (TPSA) is 12.0 Å². The van der Waals surface area contributed by atoms with E-state index in [2.05, 4.69) is 26.1 Å². The second-order valence-corrected chi connectivity index (χ2v) is 6.72. The largest absolute Gasteiger partial charge is 0.313 e. The molecule has 1 aliphatic carbocycles. The first-order valence-corrected chi connectivity index (χ1v) is 7.51. The summed E-state index contributed by atoms with van der Waals surface area (Å²) in [4.78, 5) is 0. The Morgan fingerprint density at radius 2 is 2.00 bits per heavy atom. The second kappa shape index (κ2) is 5.59. The molecule has 4 heteroatoms. The van der Waals surface area contributed by atoms with Gasteiger partial charge in [-0.25, -0.2) is 4.39 Å². The van der Waals surface area contributed by atoms with Crippen molar-refractivity contribution in [1.82, 2.24) is 5.32 Å². The maximum absolute atomic E-state index is 13.6. The summed E-state index contributed by atoms with van der Waals surface area (Å²) in [6, 6.07) is 3.47. The zero-order chi connectivity index (χ0) is 14.2. The minimum atomic E-state index is -0.387. The van der Waals surface area contributed by atoms with Crippen LogP contribution < -0.4 is 5.32 Å². The molecule has 0 heterocycles. The molecule has 106 valence electrons. The normalized spacial score (nSPS) is 25.2. The quantitative estimate of drug-likeness (QED) is 0.771. The zero-order valence-electron chi connectivity index (χ0n) is 11.6. The summed E-state index contributed by atoms with van der Waals surface area (Å²) in [5, 5.41) is 4.20. The molecule has 0 aliphatic heterocycles. The molecule has 2 rings (SSSR count). The third-order valence-electron chi connectivity index (χ3n) is 4.32. The molecule has 1 nitrogen and oxygen atoms in total. The summed E-state index contributed by atoms with van der Waals surface area (Å²) in [5.74, 6) is -0.108. The molecule has 1 N–H and O–H groups in total. The molecule has 1 aromatic carbocycles. The van der Waals surface area contributed by atoms with E-state index in [0.717, 1.165) is 24.9 Å². The van der Waals surface area contributed by atoms with Gasteiger partial charge in [0, 0.05) is 11.1 Å². The summed E-state index contributed by atoms with van der Waals surface area (Å²) in [7, 11) is 0. The third-order valence-corrected chi connectivity index (χ3v) is 4.94. The van der Waals surface area contributed by atoms with E-state index < -0.39 is 0 Å². The highest BCUT2D eigenvalue weighted by Crippen LogP contribution is 2.54. The second-order valence-electron chi connectivity index (χ2n) is 5.90. The number of halogens is 3. The van der Waals surface area contributed by atoms with Gasteiger partial charge in [0.05, 0.1) is 5.02 Å². The van der Waals surface area contributed by atoms with Crippen molar-refractivity contribution in [1.29, 1.82) is 0 Å². The Morgan fingerprint density at radius 3 is 2.58 bits per heavy atom. The summed E-state index contributed by atoms with van der Waals surface area (Å²) >= 11 is 12.0. The molecule has 1 aromatic rings. The Bertz CT molecular complexity index is 473. The molecule has 19 heavy (non-hydrogen) atoms. The Balaban J connectivity index is 2.19. The lowest BCUT2D eigenvalue weighted by molar-refractivity contribution is 0.0694. The van der Waals surface area contributed by atoms with Crippen LogP contribution in [0.3, 0.4) is 0 Å². The van der Waals surface area contributed by atoms with Gasteiger partial charge in [-0.15, -0.1) is 0 Å². The smallest absolute Gasteiger partial charge is 0.142 e. The summed E-state index contributed by atoms with van der Waals surface area (Å²) in [6.07, 6.45) is 2.11. The maximum Gasteiger partial charge on any atom is 0.142 e. The zero-order valence-corrected chi connectivity index (χ0v) is 13.1. The molecular weight excluding hydrogens is 284 g/mol. The summed E-state index contributed by atoms with van der Waals surface area (Å²) < 4.78 is 13.6. The summed E-state index contributed by atoms with van der Waals surface area (Å²) in [5.41, 5.74) is 0.960. The standard InChI is InChI=1S/C15H20Cl2FN/c1-4-5-19-14-7-10(15(14,2)3)9-6-13(18)12(17)8-11(9)16/h6,8,10,14,19H,4-5,7H2,1-3H3. The lowest BCUT2D eigenvalue weighted by atomic mass is 9.56. The van der Waals surface area contributed by atoms with Crippen molar-refractivity contribution in [3.63, 3.8) is 0 Å². The number of rotatable bonds is 4. The predicted octanol–water partition coefficient (Wildman–Crippen LogP) is 5.01. The monoisotopic (exact) mass is 303 g/mol. The molecule has 2 unspecified atom stereocenters. The fraction of sp³-hybridized carbons (Fsp3) is 0.600. The SMILES string of the molecule is CCCNC1CC(c2cc(F)c(Cl)cc2Cl)C1(C)C. The molecule has 0 amide bonds. The number of nitrogens with one attached hydrogen (secondary N) is 1. The van der Waals surface area contributed by atoms with Gasteiger partial charge >= 0.3 is 0 Å². The van der Waals surface area contributed by atoms with Gasteiger partial charge < -0.3 is 5.32 Å². The number of benzene rings is 1. The van der Waals surface area contributed by atoms with E-state index in [1.165, 1.54) is 12.1 Å². The lowest BCUT2D eigenvalue weighted by Gasteiger charge is -2.53. The Kier molecular flexibility index (Phi) is 4.44. The Hall–Kier alpha value is -0.310. The van der Waals surface area contributed by atoms with Crippen LogP contribution in [-0.4, -0.2) is 12.6 Å². The van der Waals surface area contributed by atoms with Crippen molar-refractivity contribution in [2.45, 2.75) is 45.6 Å². The molecule has 1 saturated carbocycles. The minimum absolute atomic E-state index is 0.0824. The van der Waals surface area contributed by atoms with Crippen LogP contribution in [0.25, 0.3) is 0 Å². The number of hydrogen-bond donors (Lipinski definition) is 1. The predicted molar refractivity (Wildman–Crippen MR) is 79.6 cm³/mol. The average Bonchev–Trinajstić information content (AvgIpc) is 2.34. The van der Waals surface area contributed by atoms with Gasteiger partial charge in [-0.05, 0) is 48.4 Å². The number of hydrogen-bond acceptors (Lipinski definition) is 1. The van der Waals surface area contributed by atoms with Crippen molar-refractivity contribution in [3.8, 4) is 0 Å². The highest BCUT2D eigenvalue weighted by Gasteiger charge is 2.48. The molecule has 0 radical (unpaired) electrons. The van der Waals surface area contributed by atoms with Crippen molar-refractivity contribution in [2.75, 3.05) is 6.54 Å². The molecule has 0 bridgehead atoms. The van der Waals surface area contributed by atoms with Crippen LogP contribution in [-0.2, 0) is 0 Å². The van der Waals surface area contributed by atoms with Gasteiger partial charge in [0.1, 0.15) is 5.82 Å².